The fraction of sp³-hybridized carbons (Fsp3) is 0.538. The van der Waals surface area contributed by atoms with Crippen LogP contribution in [0.25, 0.3) is 0 Å². The number of nitrogens with zero attached hydrogens (tertiary/aromatic N) is 1. The van der Waals surface area contributed by atoms with Gasteiger partial charge >= 0.3 is 0 Å². The molecule has 1 aromatic heterocycles. The van der Waals surface area contributed by atoms with Crippen molar-refractivity contribution in [2.45, 2.75) is 33.7 Å². The molecular formula is C13H20N4O. The normalized spacial score (nSPS) is 20.4. The van der Waals surface area contributed by atoms with Crippen LogP contribution in [0.2, 0.25) is 0 Å². The van der Waals surface area contributed by atoms with Crippen LogP contribution < -0.4 is 16.8 Å². The Balaban J connectivity index is 2.26. The number of pyridine rings is 1. The Morgan fingerprint density at radius 3 is 2.28 bits per heavy atom. The van der Waals surface area contributed by atoms with Crippen molar-refractivity contribution in [2.24, 2.45) is 16.6 Å². The van der Waals surface area contributed by atoms with Crippen LogP contribution in [0, 0.1) is 10.8 Å². The van der Waals surface area contributed by atoms with E-state index in [0.29, 0.717) is 11.5 Å². The number of aromatic nitrogens is 1. The average Bonchev–Trinajstić information content (AvgIpc) is 2.63. The number of nitrogens with one attached hydrogen (secondary N) is 1. The standard InChI is InChI=1S/C13H20N4O/c1-12(2)11(13(12,3)4)17-10-7(14)5-6-8(16-10)9(15)18/h5-6,11H,14H2,1-4H3,(H2,15,18)(H,16,17). The lowest BCUT2D eigenvalue weighted by Gasteiger charge is -2.10. The van der Waals surface area contributed by atoms with Crippen LogP contribution in [0.4, 0.5) is 11.5 Å². The Labute approximate surface area is 107 Å². The Bertz CT molecular complexity index is 494. The molecule has 1 fully saturated rings. The summed E-state index contributed by atoms with van der Waals surface area (Å²) in [4.78, 5) is 15.3. The highest BCUT2D eigenvalue weighted by Crippen LogP contribution is 2.63. The van der Waals surface area contributed by atoms with Gasteiger partial charge in [0.1, 0.15) is 11.5 Å². The predicted octanol–water partition coefficient (Wildman–Crippen LogP) is 1.61. The summed E-state index contributed by atoms with van der Waals surface area (Å²) in [5.74, 6) is -0.0117. The number of amides is 1. The van der Waals surface area contributed by atoms with Crippen LogP contribution >= 0.6 is 0 Å². The van der Waals surface area contributed by atoms with Gasteiger partial charge in [0, 0.05) is 6.04 Å². The molecule has 0 bridgehead atoms. The SMILES string of the molecule is CC1(C)C(Nc2nc(C(N)=O)ccc2N)C1(C)C. The minimum atomic E-state index is -0.549. The smallest absolute Gasteiger partial charge is 0.267 e. The quantitative estimate of drug-likeness (QED) is 0.757. The molecule has 0 spiro atoms. The summed E-state index contributed by atoms with van der Waals surface area (Å²) < 4.78 is 0. The minimum absolute atomic E-state index is 0.170. The van der Waals surface area contributed by atoms with E-state index in [1.54, 1.807) is 6.07 Å². The molecule has 0 saturated heterocycles. The summed E-state index contributed by atoms with van der Waals surface area (Å²) in [5.41, 5.74) is 12.2. The van der Waals surface area contributed by atoms with Crippen molar-refractivity contribution in [3.8, 4) is 0 Å². The van der Waals surface area contributed by atoms with Gasteiger partial charge in [-0.3, -0.25) is 4.79 Å². The Morgan fingerprint density at radius 1 is 1.28 bits per heavy atom. The van der Waals surface area contributed by atoms with Gasteiger partial charge in [0.25, 0.3) is 5.91 Å². The van der Waals surface area contributed by atoms with E-state index in [9.17, 15) is 4.79 Å². The molecule has 1 saturated carbocycles. The maximum atomic E-state index is 11.1. The molecule has 98 valence electrons. The second kappa shape index (κ2) is 3.60. The predicted molar refractivity (Wildman–Crippen MR) is 72.1 cm³/mol. The minimum Gasteiger partial charge on any atom is -0.396 e. The summed E-state index contributed by atoms with van der Waals surface area (Å²) in [7, 11) is 0. The molecule has 0 aliphatic heterocycles. The first-order valence-corrected chi connectivity index (χ1v) is 6.01. The Morgan fingerprint density at radius 2 is 1.83 bits per heavy atom. The molecule has 5 nitrogen and oxygen atoms in total. The van der Waals surface area contributed by atoms with E-state index in [1.165, 1.54) is 6.07 Å². The van der Waals surface area contributed by atoms with E-state index in [-0.39, 0.29) is 22.6 Å². The van der Waals surface area contributed by atoms with Crippen molar-refractivity contribution < 1.29 is 4.79 Å². The van der Waals surface area contributed by atoms with Crippen molar-refractivity contribution in [1.82, 2.24) is 4.98 Å². The Kier molecular flexibility index (Phi) is 2.54. The molecule has 2 rings (SSSR count). The van der Waals surface area contributed by atoms with E-state index in [4.69, 9.17) is 11.5 Å². The van der Waals surface area contributed by atoms with E-state index in [1.807, 2.05) is 0 Å². The van der Waals surface area contributed by atoms with E-state index in [0.717, 1.165) is 0 Å². The molecule has 1 heterocycles. The van der Waals surface area contributed by atoms with E-state index in [2.05, 4.69) is 38.0 Å². The number of nitrogen functional groups attached to an aromatic ring is 1. The molecule has 1 aliphatic rings. The van der Waals surface area contributed by atoms with Gasteiger partial charge in [-0.1, -0.05) is 27.7 Å². The summed E-state index contributed by atoms with van der Waals surface area (Å²) in [6.45, 7) is 8.77. The highest BCUT2D eigenvalue weighted by atomic mass is 16.1. The molecule has 1 amide bonds. The zero-order valence-corrected chi connectivity index (χ0v) is 11.2. The summed E-state index contributed by atoms with van der Waals surface area (Å²) in [6.07, 6.45) is 0. The zero-order valence-electron chi connectivity index (χ0n) is 11.2. The first kappa shape index (κ1) is 12.7. The van der Waals surface area contributed by atoms with Gasteiger partial charge in [-0.2, -0.15) is 0 Å². The van der Waals surface area contributed by atoms with Crippen molar-refractivity contribution in [1.29, 1.82) is 0 Å². The largest absolute Gasteiger partial charge is 0.396 e. The Hall–Kier alpha value is -1.78. The van der Waals surface area contributed by atoms with Gasteiger partial charge in [-0.15, -0.1) is 0 Å². The number of rotatable bonds is 3. The molecule has 0 atom stereocenters. The van der Waals surface area contributed by atoms with Crippen LogP contribution in [0.5, 0.6) is 0 Å². The fourth-order valence-electron chi connectivity index (χ4n) is 2.42. The molecule has 5 heteroatoms. The number of hydrogen-bond donors (Lipinski definition) is 3. The number of anilines is 2. The van der Waals surface area contributed by atoms with Gasteiger partial charge in [-0.05, 0) is 23.0 Å². The van der Waals surface area contributed by atoms with Gasteiger partial charge in [0.15, 0.2) is 0 Å². The van der Waals surface area contributed by atoms with E-state index >= 15 is 0 Å². The third-order valence-corrected chi connectivity index (χ3v) is 4.48. The third-order valence-electron chi connectivity index (χ3n) is 4.48. The monoisotopic (exact) mass is 248 g/mol. The highest BCUT2D eigenvalue weighted by molar-refractivity contribution is 5.91. The second-order valence-electron chi connectivity index (χ2n) is 6.02. The number of carbonyl (C=O) groups is 1. The topological polar surface area (TPSA) is 94.0 Å². The van der Waals surface area contributed by atoms with Crippen LogP contribution in [0.1, 0.15) is 38.2 Å². The van der Waals surface area contributed by atoms with Gasteiger partial charge in [0.05, 0.1) is 5.69 Å². The molecule has 1 aromatic rings. The maximum absolute atomic E-state index is 11.1. The number of nitrogens with two attached hydrogens (primary N) is 2. The maximum Gasteiger partial charge on any atom is 0.267 e. The first-order chi connectivity index (χ1) is 8.18. The van der Waals surface area contributed by atoms with Crippen molar-refractivity contribution in [3.63, 3.8) is 0 Å². The van der Waals surface area contributed by atoms with Crippen molar-refractivity contribution in [2.75, 3.05) is 11.1 Å². The number of primary amides is 1. The number of hydrogen-bond acceptors (Lipinski definition) is 4. The molecule has 18 heavy (non-hydrogen) atoms. The first-order valence-electron chi connectivity index (χ1n) is 6.01. The van der Waals surface area contributed by atoms with Gasteiger partial charge in [-0.25, -0.2) is 4.98 Å². The lowest BCUT2D eigenvalue weighted by atomic mass is 10.0. The van der Waals surface area contributed by atoms with Crippen molar-refractivity contribution in [3.05, 3.63) is 17.8 Å². The molecule has 0 unspecified atom stereocenters. The van der Waals surface area contributed by atoms with Crippen LogP contribution in [-0.2, 0) is 0 Å². The van der Waals surface area contributed by atoms with Crippen LogP contribution in [0.15, 0.2) is 12.1 Å². The summed E-state index contributed by atoms with van der Waals surface area (Å²) >= 11 is 0. The molecule has 0 radical (unpaired) electrons. The zero-order chi connectivity index (χ0) is 13.7. The second-order valence-corrected chi connectivity index (χ2v) is 6.02. The van der Waals surface area contributed by atoms with Crippen LogP contribution in [-0.4, -0.2) is 16.9 Å². The average molecular weight is 248 g/mol. The van der Waals surface area contributed by atoms with Gasteiger partial charge < -0.3 is 16.8 Å². The fourth-order valence-corrected chi connectivity index (χ4v) is 2.42. The molecular weight excluding hydrogens is 228 g/mol. The highest BCUT2D eigenvalue weighted by Gasteiger charge is 2.65. The molecule has 0 aromatic carbocycles. The summed E-state index contributed by atoms with van der Waals surface area (Å²) in [6, 6.07) is 3.46. The lowest BCUT2D eigenvalue weighted by Crippen LogP contribution is -2.17. The lowest BCUT2D eigenvalue weighted by molar-refractivity contribution is 0.0996. The third kappa shape index (κ3) is 1.70. The number of carbonyl (C=O) groups excluding carboxylic acids is 1. The van der Waals surface area contributed by atoms with Crippen molar-refractivity contribution >= 4 is 17.4 Å². The molecule has 5 N–H and O–H groups in total. The van der Waals surface area contributed by atoms with E-state index < -0.39 is 5.91 Å². The summed E-state index contributed by atoms with van der Waals surface area (Å²) in [5, 5.41) is 3.32. The van der Waals surface area contributed by atoms with Gasteiger partial charge in [0.2, 0.25) is 0 Å². The van der Waals surface area contributed by atoms with Crippen LogP contribution in [0.3, 0.4) is 0 Å². The molecule has 1 aliphatic carbocycles.